The SMILES string of the molecule is COc1ccc(-c2cccc(C(=O)N3CCC(=O)NCC3C)c2)c(C)c1. The van der Waals surface area contributed by atoms with Crippen LogP contribution in [0.4, 0.5) is 0 Å². The van der Waals surface area contributed by atoms with Crippen LogP contribution in [0.15, 0.2) is 42.5 Å². The monoisotopic (exact) mass is 352 g/mol. The van der Waals surface area contributed by atoms with Crippen molar-refractivity contribution < 1.29 is 14.3 Å². The Balaban J connectivity index is 1.89. The standard InChI is InChI=1S/C21H24N2O3/c1-14-11-18(26-3)7-8-19(14)16-5-4-6-17(12-16)21(25)23-10-9-20(24)22-13-15(23)2/h4-8,11-12,15H,9-10,13H2,1-3H3,(H,22,24). The summed E-state index contributed by atoms with van der Waals surface area (Å²) in [7, 11) is 1.65. The largest absolute Gasteiger partial charge is 0.497 e. The lowest BCUT2D eigenvalue weighted by Crippen LogP contribution is -2.41. The van der Waals surface area contributed by atoms with E-state index in [1.165, 1.54) is 0 Å². The van der Waals surface area contributed by atoms with Gasteiger partial charge in [0.25, 0.3) is 5.91 Å². The normalized spacial score (nSPS) is 17.4. The van der Waals surface area contributed by atoms with Gasteiger partial charge >= 0.3 is 0 Å². The third-order valence-electron chi connectivity index (χ3n) is 4.82. The maximum atomic E-state index is 13.0. The number of hydrogen-bond acceptors (Lipinski definition) is 3. The van der Waals surface area contributed by atoms with Gasteiger partial charge in [-0.05, 0) is 54.8 Å². The summed E-state index contributed by atoms with van der Waals surface area (Å²) in [5, 5.41) is 2.84. The lowest BCUT2D eigenvalue weighted by atomic mass is 9.98. The molecule has 3 rings (SSSR count). The lowest BCUT2D eigenvalue weighted by molar-refractivity contribution is -0.120. The first-order valence-corrected chi connectivity index (χ1v) is 8.82. The average molecular weight is 352 g/mol. The average Bonchev–Trinajstić information content (AvgIpc) is 2.82. The Morgan fingerprint density at radius 1 is 1.23 bits per heavy atom. The molecule has 5 heteroatoms. The molecular weight excluding hydrogens is 328 g/mol. The zero-order valence-corrected chi connectivity index (χ0v) is 15.4. The predicted molar refractivity (Wildman–Crippen MR) is 101 cm³/mol. The quantitative estimate of drug-likeness (QED) is 0.924. The van der Waals surface area contributed by atoms with Crippen molar-refractivity contribution in [2.45, 2.75) is 26.3 Å². The number of nitrogens with zero attached hydrogens (tertiary/aromatic N) is 1. The Morgan fingerprint density at radius 2 is 2.04 bits per heavy atom. The van der Waals surface area contributed by atoms with Gasteiger partial charge in [0, 0.05) is 31.1 Å². The van der Waals surface area contributed by atoms with Gasteiger partial charge in [-0.3, -0.25) is 9.59 Å². The van der Waals surface area contributed by atoms with Gasteiger partial charge in [-0.2, -0.15) is 0 Å². The molecule has 1 unspecified atom stereocenters. The highest BCUT2D eigenvalue weighted by molar-refractivity contribution is 5.96. The van der Waals surface area contributed by atoms with Gasteiger partial charge in [-0.25, -0.2) is 0 Å². The topological polar surface area (TPSA) is 58.6 Å². The molecule has 2 aromatic carbocycles. The van der Waals surface area contributed by atoms with E-state index in [9.17, 15) is 9.59 Å². The summed E-state index contributed by atoms with van der Waals surface area (Å²) >= 11 is 0. The maximum Gasteiger partial charge on any atom is 0.254 e. The Bertz CT molecular complexity index is 832. The zero-order chi connectivity index (χ0) is 18.7. The summed E-state index contributed by atoms with van der Waals surface area (Å²) in [4.78, 5) is 26.4. The molecule has 0 spiro atoms. The van der Waals surface area contributed by atoms with Crippen molar-refractivity contribution in [2.24, 2.45) is 0 Å². The van der Waals surface area contributed by atoms with Gasteiger partial charge in [0.2, 0.25) is 5.91 Å². The second kappa shape index (κ2) is 7.60. The third kappa shape index (κ3) is 3.72. The van der Waals surface area contributed by atoms with Crippen LogP contribution in [0.3, 0.4) is 0 Å². The van der Waals surface area contributed by atoms with E-state index < -0.39 is 0 Å². The highest BCUT2D eigenvalue weighted by Crippen LogP contribution is 2.28. The molecule has 1 fully saturated rings. The number of nitrogens with one attached hydrogen (secondary N) is 1. The van der Waals surface area contributed by atoms with Crippen LogP contribution in [-0.2, 0) is 4.79 Å². The summed E-state index contributed by atoms with van der Waals surface area (Å²) in [6.45, 7) is 4.92. The Kier molecular flexibility index (Phi) is 5.26. The molecule has 1 heterocycles. The fourth-order valence-electron chi connectivity index (χ4n) is 3.28. The number of carbonyl (C=O) groups excluding carboxylic acids is 2. The van der Waals surface area contributed by atoms with Crippen molar-refractivity contribution in [3.05, 3.63) is 53.6 Å². The number of methoxy groups -OCH3 is 1. The van der Waals surface area contributed by atoms with Crippen molar-refractivity contribution in [1.29, 1.82) is 0 Å². The number of amides is 2. The Labute approximate surface area is 154 Å². The first-order valence-electron chi connectivity index (χ1n) is 8.82. The first-order chi connectivity index (χ1) is 12.5. The molecule has 2 aromatic rings. The second-order valence-corrected chi connectivity index (χ2v) is 6.66. The number of hydrogen-bond donors (Lipinski definition) is 1. The number of rotatable bonds is 3. The Morgan fingerprint density at radius 3 is 2.77 bits per heavy atom. The van der Waals surface area contributed by atoms with Crippen LogP contribution in [0, 0.1) is 6.92 Å². The molecule has 0 aliphatic carbocycles. The molecule has 0 bridgehead atoms. The molecule has 26 heavy (non-hydrogen) atoms. The summed E-state index contributed by atoms with van der Waals surface area (Å²) in [6.07, 6.45) is 0.341. The van der Waals surface area contributed by atoms with Crippen LogP contribution in [0.25, 0.3) is 11.1 Å². The summed E-state index contributed by atoms with van der Waals surface area (Å²) in [5.74, 6) is 0.769. The first kappa shape index (κ1) is 18.0. The van der Waals surface area contributed by atoms with Crippen LogP contribution >= 0.6 is 0 Å². The van der Waals surface area contributed by atoms with E-state index in [4.69, 9.17) is 4.74 Å². The van der Waals surface area contributed by atoms with Gasteiger partial charge < -0.3 is 15.0 Å². The molecule has 2 amide bonds. The number of carbonyl (C=O) groups is 2. The van der Waals surface area contributed by atoms with Gasteiger partial charge in [0.05, 0.1) is 7.11 Å². The smallest absolute Gasteiger partial charge is 0.254 e. The molecule has 136 valence electrons. The van der Waals surface area contributed by atoms with E-state index in [2.05, 4.69) is 5.32 Å². The fraction of sp³-hybridized carbons (Fsp3) is 0.333. The highest BCUT2D eigenvalue weighted by atomic mass is 16.5. The molecule has 0 aromatic heterocycles. The van der Waals surface area contributed by atoms with Crippen LogP contribution in [0.5, 0.6) is 5.75 Å². The van der Waals surface area contributed by atoms with E-state index in [1.54, 1.807) is 12.0 Å². The molecule has 0 saturated carbocycles. The summed E-state index contributed by atoms with van der Waals surface area (Å²) in [5.41, 5.74) is 3.79. The van der Waals surface area contributed by atoms with Crippen LogP contribution in [-0.4, -0.2) is 43.0 Å². The van der Waals surface area contributed by atoms with Crippen LogP contribution in [0.1, 0.15) is 29.3 Å². The number of ether oxygens (including phenoxy) is 1. The summed E-state index contributed by atoms with van der Waals surface area (Å²) in [6, 6.07) is 13.5. The molecule has 1 aliphatic rings. The molecule has 0 radical (unpaired) electrons. The predicted octanol–water partition coefficient (Wildman–Crippen LogP) is 3.02. The van der Waals surface area contributed by atoms with E-state index in [0.717, 1.165) is 22.4 Å². The van der Waals surface area contributed by atoms with Crippen molar-refractivity contribution in [3.63, 3.8) is 0 Å². The summed E-state index contributed by atoms with van der Waals surface area (Å²) < 4.78 is 5.27. The molecule has 1 aliphatic heterocycles. The molecule has 1 atom stereocenters. The van der Waals surface area contributed by atoms with E-state index in [1.807, 2.05) is 56.3 Å². The maximum absolute atomic E-state index is 13.0. The minimum atomic E-state index is -0.0398. The second-order valence-electron chi connectivity index (χ2n) is 6.66. The number of benzene rings is 2. The molecule has 1 N–H and O–H groups in total. The van der Waals surface area contributed by atoms with E-state index >= 15 is 0 Å². The van der Waals surface area contributed by atoms with Crippen molar-refractivity contribution in [2.75, 3.05) is 20.2 Å². The molecule has 1 saturated heterocycles. The van der Waals surface area contributed by atoms with Crippen LogP contribution in [0.2, 0.25) is 0 Å². The van der Waals surface area contributed by atoms with Crippen molar-refractivity contribution >= 4 is 11.8 Å². The van der Waals surface area contributed by atoms with Crippen LogP contribution < -0.4 is 10.1 Å². The lowest BCUT2D eigenvalue weighted by Gasteiger charge is -2.26. The fourth-order valence-corrected chi connectivity index (χ4v) is 3.28. The van der Waals surface area contributed by atoms with Crippen molar-refractivity contribution in [1.82, 2.24) is 10.2 Å². The number of aryl methyl sites for hydroxylation is 1. The van der Waals surface area contributed by atoms with Gasteiger partial charge in [0.15, 0.2) is 0 Å². The molecule has 5 nitrogen and oxygen atoms in total. The Hall–Kier alpha value is -2.82. The highest BCUT2D eigenvalue weighted by Gasteiger charge is 2.25. The minimum Gasteiger partial charge on any atom is -0.497 e. The minimum absolute atomic E-state index is 0.00485. The van der Waals surface area contributed by atoms with Gasteiger partial charge in [-0.15, -0.1) is 0 Å². The van der Waals surface area contributed by atoms with E-state index in [-0.39, 0.29) is 17.9 Å². The third-order valence-corrected chi connectivity index (χ3v) is 4.82. The van der Waals surface area contributed by atoms with Gasteiger partial charge in [0.1, 0.15) is 5.75 Å². The van der Waals surface area contributed by atoms with E-state index in [0.29, 0.717) is 25.1 Å². The zero-order valence-electron chi connectivity index (χ0n) is 15.4. The molecular formula is C21H24N2O3. The van der Waals surface area contributed by atoms with Crippen molar-refractivity contribution in [3.8, 4) is 16.9 Å². The van der Waals surface area contributed by atoms with Gasteiger partial charge in [-0.1, -0.05) is 18.2 Å².